The van der Waals surface area contributed by atoms with Gasteiger partial charge < -0.3 is 14.6 Å². The van der Waals surface area contributed by atoms with E-state index in [0.29, 0.717) is 10.6 Å². The number of ether oxygens (including phenoxy) is 1. The first-order chi connectivity index (χ1) is 16.4. The number of pyridine rings is 1. The number of carbonyl (C=O) groups is 2. The Morgan fingerprint density at radius 2 is 1.79 bits per heavy atom. The van der Waals surface area contributed by atoms with Crippen molar-refractivity contribution in [3.8, 4) is 11.1 Å². The van der Waals surface area contributed by atoms with Crippen molar-refractivity contribution in [2.24, 2.45) is 0 Å². The summed E-state index contributed by atoms with van der Waals surface area (Å²) in [7, 11) is 0. The summed E-state index contributed by atoms with van der Waals surface area (Å²) in [5.41, 5.74) is 4.53. The van der Waals surface area contributed by atoms with Gasteiger partial charge in [0.2, 0.25) is 5.91 Å². The van der Waals surface area contributed by atoms with E-state index in [1.54, 1.807) is 17.6 Å². The van der Waals surface area contributed by atoms with Gasteiger partial charge in [0.1, 0.15) is 10.6 Å². The molecule has 2 aromatic heterocycles. The molecule has 0 aliphatic carbocycles. The molecule has 6 nitrogen and oxygen atoms in total. The first-order valence-electron chi connectivity index (χ1n) is 11.1. The molecule has 0 fully saturated rings. The maximum absolute atomic E-state index is 12.9. The molecule has 0 saturated heterocycles. The number of thiophene rings is 1. The highest BCUT2D eigenvalue weighted by Gasteiger charge is 2.23. The number of nitrogens with one attached hydrogen (secondary N) is 1. The number of nitrogens with zero attached hydrogens (tertiary/aromatic N) is 1. The number of fused-ring (bicyclic) bond motifs is 1. The normalized spacial score (nSPS) is 10.9. The average Bonchev–Trinajstić information content (AvgIpc) is 3.23. The minimum absolute atomic E-state index is 0.0905. The van der Waals surface area contributed by atoms with Crippen molar-refractivity contribution >= 4 is 39.1 Å². The quantitative estimate of drug-likeness (QED) is 0.356. The van der Waals surface area contributed by atoms with Gasteiger partial charge in [0.25, 0.3) is 5.56 Å². The fraction of sp³-hybridized carbons (Fsp3) is 0.222. The molecular formula is C27H26N2O4S. The molecule has 0 atom stereocenters. The SMILES string of the molecule is CCOC(=O)c1c(-c2ccccc2)csc1NC(=O)CCn1c(=O)cc(C)c2cccc(C)c21. The second kappa shape index (κ2) is 10.1. The number of amides is 1. The molecule has 2 aromatic carbocycles. The van der Waals surface area contributed by atoms with Gasteiger partial charge in [-0.15, -0.1) is 11.3 Å². The summed E-state index contributed by atoms with van der Waals surface area (Å²) in [6.07, 6.45) is 0.0905. The predicted octanol–water partition coefficient (Wildman–Crippen LogP) is 5.55. The summed E-state index contributed by atoms with van der Waals surface area (Å²) in [6.45, 7) is 6.09. The summed E-state index contributed by atoms with van der Waals surface area (Å²) in [4.78, 5) is 38.3. The van der Waals surface area contributed by atoms with E-state index in [4.69, 9.17) is 4.74 Å². The number of anilines is 1. The van der Waals surface area contributed by atoms with Gasteiger partial charge in [-0.25, -0.2) is 4.79 Å². The zero-order valence-corrected chi connectivity index (χ0v) is 20.2. The molecule has 0 aliphatic heterocycles. The summed E-state index contributed by atoms with van der Waals surface area (Å²) in [5, 5.41) is 6.15. The van der Waals surface area contributed by atoms with E-state index in [2.05, 4.69) is 5.32 Å². The number of rotatable bonds is 7. The maximum atomic E-state index is 12.9. The van der Waals surface area contributed by atoms with Crippen LogP contribution in [0, 0.1) is 13.8 Å². The fourth-order valence-corrected chi connectivity index (χ4v) is 5.07. The molecule has 1 N–H and O–H groups in total. The van der Waals surface area contributed by atoms with Crippen LogP contribution >= 0.6 is 11.3 Å². The molecule has 1 amide bonds. The van der Waals surface area contributed by atoms with Crippen LogP contribution in [0.25, 0.3) is 22.0 Å². The number of hydrogen-bond donors (Lipinski definition) is 1. The number of aromatic nitrogens is 1. The summed E-state index contributed by atoms with van der Waals surface area (Å²) >= 11 is 1.28. The van der Waals surface area contributed by atoms with Crippen LogP contribution in [0.5, 0.6) is 0 Å². The van der Waals surface area contributed by atoms with Crippen LogP contribution in [0.4, 0.5) is 5.00 Å². The van der Waals surface area contributed by atoms with Gasteiger partial charge in [0, 0.05) is 35.4 Å². The van der Waals surface area contributed by atoms with Crippen molar-refractivity contribution in [2.75, 3.05) is 11.9 Å². The standard InChI is InChI=1S/C27H26N2O4S/c1-4-33-27(32)24-21(19-10-6-5-7-11-19)16-34-26(24)28-22(30)13-14-29-23(31)15-18(3)20-12-8-9-17(2)25(20)29/h5-12,15-16H,4,13-14H2,1-3H3,(H,28,30). The lowest BCUT2D eigenvalue weighted by molar-refractivity contribution is -0.116. The third-order valence-electron chi connectivity index (χ3n) is 5.71. The number of hydrogen-bond acceptors (Lipinski definition) is 5. The number of para-hydroxylation sites is 1. The van der Waals surface area contributed by atoms with Gasteiger partial charge in [0.05, 0.1) is 12.1 Å². The lowest BCUT2D eigenvalue weighted by Gasteiger charge is -2.14. The highest BCUT2D eigenvalue weighted by atomic mass is 32.1. The minimum atomic E-state index is -0.478. The van der Waals surface area contributed by atoms with Crippen LogP contribution in [0.15, 0.2) is 64.8 Å². The van der Waals surface area contributed by atoms with Crippen LogP contribution in [0.2, 0.25) is 0 Å². The van der Waals surface area contributed by atoms with Crippen molar-refractivity contribution in [3.05, 3.63) is 87.0 Å². The molecule has 174 valence electrons. The molecule has 0 spiro atoms. The monoisotopic (exact) mass is 474 g/mol. The molecule has 4 aromatic rings. The second-order valence-corrected chi connectivity index (χ2v) is 8.91. The Hall–Kier alpha value is -3.71. The van der Waals surface area contributed by atoms with Crippen molar-refractivity contribution in [1.82, 2.24) is 4.57 Å². The van der Waals surface area contributed by atoms with Gasteiger partial charge in [0.15, 0.2) is 0 Å². The van der Waals surface area contributed by atoms with Crippen LogP contribution in [-0.2, 0) is 16.1 Å². The van der Waals surface area contributed by atoms with Gasteiger partial charge in [-0.3, -0.25) is 9.59 Å². The van der Waals surface area contributed by atoms with Crippen molar-refractivity contribution in [1.29, 1.82) is 0 Å². The maximum Gasteiger partial charge on any atom is 0.341 e. The Bertz CT molecular complexity index is 1420. The Morgan fingerprint density at radius 1 is 1.03 bits per heavy atom. The molecule has 0 saturated carbocycles. The van der Waals surface area contributed by atoms with E-state index >= 15 is 0 Å². The molecule has 0 aliphatic rings. The lowest BCUT2D eigenvalue weighted by atomic mass is 10.0. The van der Waals surface area contributed by atoms with E-state index in [1.165, 1.54) is 11.3 Å². The van der Waals surface area contributed by atoms with E-state index in [-0.39, 0.29) is 31.0 Å². The topological polar surface area (TPSA) is 77.4 Å². The van der Waals surface area contributed by atoms with E-state index in [0.717, 1.165) is 33.2 Å². The van der Waals surface area contributed by atoms with E-state index in [9.17, 15) is 14.4 Å². The molecule has 2 heterocycles. The summed E-state index contributed by atoms with van der Waals surface area (Å²) < 4.78 is 6.91. The van der Waals surface area contributed by atoms with E-state index < -0.39 is 5.97 Å². The smallest absolute Gasteiger partial charge is 0.341 e. The molecule has 4 rings (SSSR count). The number of esters is 1. The average molecular weight is 475 g/mol. The van der Waals surface area contributed by atoms with Crippen LogP contribution < -0.4 is 10.9 Å². The van der Waals surface area contributed by atoms with Gasteiger partial charge >= 0.3 is 5.97 Å². The third kappa shape index (κ3) is 4.65. The summed E-state index contributed by atoms with van der Waals surface area (Å²) in [5.74, 6) is -0.754. The van der Waals surface area contributed by atoms with Crippen LogP contribution in [0.3, 0.4) is 0 Å². The van der Waals surface area contributed by atoms with Gasteiger partial charge in [-0.2, -0.15) is 0 Å². The molecule has 0 radical (unpaired) electrons. The Labute approximate surface area is 201 Å². The van der Waals surface area contributed by atoms with Crippen LogP contribution in [0.1, 0.15) is 34.8 Å². The number of aryl methyl sites for hydroxylation is 3. The van der Waals surface area contributed by atoms with Gasteiger partial charge in [-0.05, 0) is 37.5 Å². The Morgan fingerprint density at radius 3 is 2.53 bits per heavy atom. The largest absolute Gasteiger partial charge is 0.462 e. The first kappa shape index (κ1) is 23.4. The summed E-state index contributed by atoms with van der Waals surface area (Å²) in [6, 6.07) is 17.0. The Kier molecular flexibility index (Phi) is 6.93. The van der Waals surface area contributed by atoms with Crippen molar-refractivity contribution in [2.45, 2.75) is 33.7 Å². The lowest BCUT2D eigenvalue weighted by Crippen LogP contribution is -2.24. The van der Waals surface area contributed by atoms with Crippen LogP contribution in [-0.4, -0.2) is 23.1 Å². The Balaban J connectivity index is 1.60. The van der Waals surface area contributed by atoms with E-state index in [1.807, 2.05) is 67.8 Å². The molecule has 34 heavy (non-hydrogen) atoms. The zero-order valence-electron chi connectivity index (χ0n) is 19.4. The van der Waals surface area contributed by atoms with Crippen molar-refractivity contribution in [3.63, 3.8) is 0 Å². The minimum Gasteiger partial charge on any atom is -0.462 e. The number of benzene rings is 2. The van der Waals surface area contributed by atoms with Gasteiger partial charge in [-0.1, -0.05) is 48.5 Å². The predicted molar refractivity (Wildman–Crippen MR) is 137 cm³/mol. The highest BCUT2D eigenvalue weighted by Crippen LogP contribution is 2.36. The third-order valence-corrected chi connectivity index (χ3v) is 6.60. The number of carbonyl (C=O) groups excluding carboxylic acids is 2. The molecule has 0 unspecified atom stereocenters. The molecular weight excluding hydrogens is 448 g/mol. The molecule has 7 heteroatoms. The second-order valence-electron chi connectivity index (χ2n) is 8.03. The van der Waals surface area contributed by atoms with Crippen molar-refractivity contribution < 1.29 is 14.3 Å². The molecule has 0 bridgehead atoms. The first-order valence-corrected chi connectivity index (χ1v) is 12.0. The highest BCUT2D eigenvalue weighted by molar-refractivity contribution is 7.15. The fourth-order valence-electron chi connectivity index (χ4n) is 4.10. The zero-order chi connectivity index (χ0) is 24.2.